The number of hydrogen-bond acceptors (Lipinski definition) is 4. The lowest BCUT2D eigenvalue weighted by Crippen LogP contribution is -2.47. The number of rotatable bonds is 2. The van der Waals surface area contributed by atoms with Crippen LogP contribution in [-0.4, -0.2) is 35.0 Å². The number of benzene rings is 1. The highest BCUT2D eigenvalue weighted by Gasteiger charge is 2.21. The average Bonchev–Trinajstić information content (AvgIpc) is 2.39. The Balaban J connectivity index is 1.96. The topological polar surface area (TPSA) is 102 Å². The fourth-order valence-corrected chi connectivity index (χ4v) is 2.06. The molecule has 1 saturated heterocycles. The first-order chi connectivity index (χ1) is 9.06. The van der Waals surface area contributed by atoms with Crippen molar-refractivity contribution in [2.45, 2.75) is 18.9 Å². The molecule has 1 atom stereocenters. The zero-order valence-corrected chi connectivity index (χ0v) is 10.4. The first-order valence-corrected chi connectivity index (χ1v) is 6.12. The van der Waals surface area contributed by atoms with Crippen molar-refractivity contribution in [2.24, 2.45) is 5.73 Å². The molecular weight excluding hydrogens is 248 g/mol. The first kappa shape index (κ1) is 13.3. The second kappa shape index (κ2) is 5.66. The smallest absolute Gasteiger partial charge is 0.321 e. The van der Waals surface area contributed by atoms with Crippen LogP contribution in [0.2, 0.25) is 0 Å². The van der Waals surface area contributed by atoms with Crippen LogP contribution < -0.4 is 11.1 Å². The Hall–Kier alpha value is -2.15. The normalized spacial score (nSPS) is 19.0. The Morgan fingerprint density at radius 2 is 2.11 bits per heavy atom. The van der Waals surface area contributed by atoms with E-state index in [2.05, 4.69) is 5.32 Å². The molecule has 0 spiro atoms. The molecule has 0 bridgehead atoms. The molecule has 1 aromatic carbocycles. The van der Waals surface area contributed by atoms with Gasteiger partial charge in [-0.15, -0.1) is 0 Å². The Morgan fingerprint density at radius 3 is 2.68 bits per heavy atom. The van der Waals surface area contributed by atoms with E-state index in [1.54, 1.807) is 4.90 Å². The van der Waals surface area contributed by atoms with Crippen LogP contribution in [0.25, 0.3) is 0 Å². The number of carbonyl (C=O) groups is 1. The van der Waals surface area contributed by atoms with Crippen molar-refractivity contribution in [3.8, 4) is 0 Å². The lowest BCUT2D eigenvalue weighted by molar-refractivity contribution is -0.384. The molecule has 0 aliphatic carbocycles. The third kappa shape index (κ3) is 3.41. The summed E-state index contributed by atoms with van der Waals surface area (Å²) in [5.74, 6) is 0. The molecule has 7 heteroatoms. The van der Waals surface area contributed by atoms with Crippen molar-refractivity contribution in [1.82, 2.24) is 4.90 Å². The van der Waals surface area contributed by atoms with Crippen LogP contribution in [0.5, 0.6) is 0 Å². The third-order valence-corrected chi connectivity index (χ3v) is 3.07. The predicted molar refractivity (Wildman–Crippen MR) is 70.9 cm³/mol. The van der Waals surface area contributed by atoms with Crippen molar-refractivity contribution in [1.29, 1.82) is 0 Å². The summed E-state index contributed by atoms with van der Waals surface area (Å²) in [7, 11) is 0. The Labute approximate surface area is 110 Å². The molecule has 19 heavy (non-hydrogen) atoms. The molecule has 1 fully saturated rings. The maximum absolute atomic E-state index is 12.0. The molecule has 1 aliphatic heterocycles. The summed E-state index contributed by atoms with van der Waals surface area (Å²) < 4.78 is 0. The van der Waals surface area contributed by atoms with Gasteiger partial charge in [-0.2, -0.15) is 0 Å². The molecule has 7 nitrogen and oxygen atoms in total. The minimum absolute atomic E-state index is 0.00186. The first-order valence-electron chi connectivity index (χ1n) is 6.12. The maximum Gasteiger partial charge on any atom is 0.321 e. The van der Waals surface area contributed by atoms with Gasteiger partial charge >= 0.3 is 6.03 Å². The van der Waals surface area contributed by atoms with Crippen LogP contribution in [0.15, 0.2) is 24.3 Å². The molecule has 1 aliphatic rings. The van der Waals surface area contributed by atoms with Crippen molar-refractivity contribution in [3.63, 3.8) is 0 Å². The Bertz CT molecular complexity index is 474. The van der Waals surface area contributed by atoms with Gasteiger partial charge in [0.1, 0.15) is 0 Å². The van der Waals surface area contributed by atoms with E-state index < -0.39 is 4.92 Å². The highest BCUT2D eigenvalue weighted by molar-refractivity contribution is 5.89. The van der Waals surface area contributed by atoms with Crippen molar-refractivity contribution < 1.29 is 9.72 Å². The number of nitrogens with one attached hydrogen (secondary N) is 1. The molecule has 2 amide bonds. The highest BCUT2D eigenvalue weighted by Crippen LogP contribution is 2.16. The minimum atomic E-state index is -0.477. The number of hydrogen-bond donors (Lipinski definition) is 2. The number of nitrogens with zero attached hydrogens (tertiary/aromatic N) is 2. The van der Waals surface area contributed by atoms with Gasteiger partial charge in [-0.1, -0.05) is 0 Å². The lowest BCUT2D eigenvalue weighted by atomic mass is 10.1. The summed E-state index contributed by atoms with van der Waals surface area (Å²) in [5, 5.41) is 13.2. The number of amides is 2. The molecular formula is C12H16N4O3. The second-order valence-corrected chi connectivity index (χ2v) is 4.58. The molecule has 0 radical (unpaired) electrons. The van der Waals surface area contributed by atoms with Crippen LogP contribution in [0.4, 0.5) is 16.2 Å². The number of nitrogens with two attached hydrogens (primary N) is 1. The summed E-state index contributed by atoms with van der Waals surface area (Å²) in [6.07, 6.45) is 1.83. The van der Waals surface area contributed by atoms with Crippen LogP contribution in [0.1, 0.15) is 12.8 Å². The van der Waals surface area contributed by atoms with E-state index in [4.69, 9.17) is 5.73 Å². The second-order valence-electron chi connectivity index (χ2n) is 4.58. The van der Waals surface area contributed by atoms with Gasteiger partial charge in [0.2, 0.25) is 0 Å². The van der Waals surface area contributed by atoms with E-state index in [0.717, 1.165) is 12.8 Å². The number of nitro groups is 1. The molecule has 0 saturated carbocycles. The van der Waals surface area contributed by atoms with E-state index in [-0.39, 0.29) is 17.8 Å². The summed E-state index contributed by atoms with van der Waals surface area (Å²) in [4.78, 5) is 23.7. The van der Waals surface area contributed by atoms with Gasteiger partial charge in [0.05, 0.1) is 4.92 Å². The molecule has 0 unspecified atom stereocenters. The van der Waals surface area contributed by atoms with E-state index in [1.165, 1.54) is 24.3 Å². The van der Waals surface area contributed by atoms with Gasteiger partial charge in [0, 0.05) is 37.0 Å². The van der Waals surface area contributed by atoms with Gasteiger partial charge in [-0.25, -0.2) is 4.79 Å². The number of anilines is 1. The summed E-state index contributed by atoms with van der Waals surface area (Å²) >= 11 is 0. The molecule has 1 heterocycles. The Morgan fingerprint density at radius 1 is 1.42 bits per heavy atom. The summed E-state index contributed by atoms with van der Waals surface area (Å²) in [6, 6.07) is 5.55. The van der Waals surface area contributed by atoms with Gasteiger partial charge in [-0.05, 0) is 25.0 Å². The van der Waals surface area contributed by atoms with Crippen LogP contribution in [0, 0.1) is 10.1 Å². The van der Waals surface area contributed by atoms with Crippen molar-refractivity contribution in [2.75, 3.05) is 18.4 Å². The predicted octanol–water partition coefficient (Wildman–Crippen LogP) is 1.55. The number of likely N-dealkylation sites (tertiary alicyclic amines) is 1. The van der Waals surface area contributed by atoms with E-state index in [1.807, 2.05) is 0 Å². The molecule has 3 N–H and O–H groups in total. The lowest BCUT2D eigenvalue weighted by Gasteiger charge is -2.30. The van der Waals surface area contributed by atoms with Gasteiger partial charge < -0.3 is 16.0 Å². The molecule has 102 valence electrons. The number of piperidine rings is 1. The van der Waals surface area contributed by atoms with Crippen molar-refractivity contribution >= 4 is 17.4 Å². The monoisotopic (exact) mass is 264 g/mol. The SMILES string of the molecule is N[C@@H]1CCCN(C(=O)Nc2ccc([N+](=O)[O-])cc2)C1. The summed E-state index contributed by atoms with van der Waals surface area (Å²) in [5.41, 5.74) is 6.35. The zero-order valence-electron chi connectivity index (χ0n) is 10.4. The van der Waals surface area contributed by atoms with E-state index in [9.17, 15) is 14.9 Å². The Kier molecular flexibility index (Phi) is 3.96. The van der Waals surface area contributed by atoms with Crippen LogP contribution >= 0.6 is 0 Å². The highest BCUT2D eigenvalue weighted by atomic mass is 16.6. The standard InChI is InChI=1S/C12H16N4O3/c13-9-2-1-7-15(8-9)12(17)14-10-3-5-11(6-4-10)16(18)19/h3-6,9H,1-2,7-8,13H2,(H,14,17)/t9-/m1/s1. The van der Waals surface area contributed by atoms with E-state index in [0.29, 0.717) is 18.8 Å². The average molecular weight is 264 g/mol. The van der Waals surface area contributed by atoms with Crippen LogP contribution in [0.3, 0.4) is 0 Å². The minimum Gasteiger partial charge on any atom is -0.326 e. The quantitative estimate of drug-likeness (QED) is 0.625. The van der Waals surface area contributed by atoms with Crippen molar-refractivity contribution in [3.05, 3.63) is 34.4 Å². The largest absolute Gasteiger partial charge is 0.326 e. The number of nitro benzene ring substituents is 1. The third-order valence-electron chi connectivity index (χ3n) is 3.07. The number of urea groups is 1. The number of non-ortho nitro benzene ring substituents is 1. The summed E-state index contributed by atoms with van der Waals surface area (Å²) in [6.45, 7) is 1.23. The van der Waals surface area contributed by atoms with E-state index >= 15 is 0 Å². The number of carbonyl (C=O) groups excluding carboxylic acids is 1. The molecule has 2 rings (SSSR count). The molecule has 0 aromatic heterocycles. The van der Waals surface area contributed by atoms with Gasteiger partial charge in [0.25, 0.3) is 5.69 Å². The zero-order chi connectivity index (χ0) is 13.8. The fourth-order valence-electron chi connectivity index (χ4n) is 2.06. The van der Waals surface area contributed by atoms with Crippen LogP contribution in [-0.2, 0) is 0 Å². The van der Waals surface area contributed by atoms with Gasteiger partial charge in [-0.3, -0.25) is 10.1 Å². The molecule has 1 aromatic rings. The maximum atomic E-state index is 12.0. The van der Waals surface area contributed by atoms with Gasteiger partial charge in [0.15, 0.2) is 0 Å². The fraction of sp³-hybridized carbons (Fsp3) is 0.417.